The van der Waals surface area contributed by atoms with Crippen molar-refractivity contribution >= 4 is 20.0 Å². The standard InChI is InChI=1S/C21H26OSi/c1-5-18-20-11-7-6-9-17(20)15-21(18)19-12-8-10-16(19)13-14-22-23(2,3)4/h5-11,15H,12-14H2,1-4H3. The first-order chi connectivity index (χ1) is 11.0. The molecule has 0 saturated heterocycles. The van der Waals surface area contributed by atoms with Gasteiger partial charge in [-0.3, -0.25) is 0 Å². The Morgan fingerprint density at radius 3 is 2.70 bits per heavy atom. The van der Waals surface area contributed by atoms with Crippen LogP contribution in [-0.2, 0) is 4.43 Å². The highest BCUT2D eigenvalue weighted by molar-refractivity contribution is 6.69. The fourth-order valence-electron chi connectivity index (χ4n) is 3.34. The first-order valence-electron chi connectivity index (χ1n) is 8.50. The molecule has 0 spiro atoms. The van der Waals surface area contributed by atoms with Crippen LogP contribution in [0.3, 0.4) is 0 Å². The van der Waals surface area contributed by atoms with Gasteiger partial charge in [-0.1, -0.05) is 42.5 Å². The van der Waals surface area contributed by atoms with Gasteiger partial charge in [-0.15, -0.1) is 0 Å². The Bertz CT molecular complexity index is 726. The van der Waals surface area contributed by atoms with E-state index in [1.165, 1.54) is 33.4 Å². The van der Waals surface area contributed by atoms with E-state index >= 15 is 0 Å². The topological polar surface area (TPSA) is 9.23 Å². The maximum atomic E-state index is 6.05. The van der Waals surface area contributed by atoms with E-state index in [1.54, 1.807) is 0 Å². The third-order valence-electron chi connectivity index (χ3n) is 4.39. The molecule has 0 saturated carbocycles. The quantitative estimate of drug-likeness (QED) is 0.605. The first-order valence-corrected chi connectivity index (χ1v) is 11.9. The molecule has 2 heteroatoms. The zero-order valence-corrected chi connectivity index (χ0v) is 15.6. The Labute approximate surface area is 141 Å². The number of allylic oxidation sites excluding steroid dienone is 6. The minimum Gasteiger partial charge on any atom is -0.417 e. The van der Waals surface area contributed by atoms with Crippen molar-refractivity contribution in [1.29, 1.82) is 0 Å². The lowest BCUT2D eigenvalue weighted by Gasteiger charge is -2.18. The van der Waals surface area contributed by atoms with Gasteiger partial charge in [-0.2, -0.15) is 0 Å². The summed E-state index contributed by atoms with van der Waals surface area (Å²) in [6, 6.07) is 8.69. The maximum Gasteiger partial charge on any atom is 0.183 e. The molecule has 23 heavy (non-hydrogen) atoms. The third-order valence-corrected chi connectivity index (χ3v) is 5.46. The van der Waals surface area contributed by atoms with E-state index in [4.69, 9.17) is 4.43 Å². The molecule has 1 nitrogen and oxygen atoms in total. The Hall–Kier alpha value is -1.64. The molecular formula is C21H26OSi. The Morgan fingerprint density at radius 2 is 1.96 bits per heavy atom. The molecular weight excluding hydrogens is 296 g/mol. The van der Waals surface area contributed by atoms with Crippen LogP contribution >= 0.6 is 0 Å². The second-order valence-electron chi connectivity index (χ2n) is 7.17. The lowest BCUT2D eigenvalue weighted by molar-refractivity contribution is 0.316. The molecule has 0 aliphatic heterocycles. The largest absolute Gasteiger partial charge is 0.417 e. The van der Waals surface area contributed by atoms with E-state index < -0.39 is 8.32 Å². The van der Waals surface area contributed by atoms with Gasteiger partial charge >= 0.3 is 0 Å². The molecule has 0 aromatic heterocycles. The summed E-state index contributed by atoms with van der Waals surface area (Å²) < 4.78 is 6.05. The highest BCUT2D eigenvalue weighted by atomic mass is 28.4. The molecule has 2 aliphatic rings. The lowest BCUT2D eigenvalue weighted by atomic mass is 9.93. The van der Waals surface area contributed by atoms with E-state index in [-0.39, 0.29) is 0 Å². The molecule has 1 aromatic rings. The van der Waals surface area contributed by atoms with Crippen molar-refractivity contribution in [3.05, 3.63) is 70.3 Å². The summed E-state index contributed by atoms with van der Waals surface area (Å²) in [6.07, 6.45) is 11.2. The molecule has 0 fully saturated rings. The second-order valence-corrected chi connectivity index (χ2v) is 11.7. The lowest BCUT2D eigenvalue weighted by Crippen LogP contribution is -2.25. The van der Waals surface area contributed by atoms with Gasteiger partial charge in [-0.25, -0.2) is 0 Å². The SMILES string of the molecule is CC=C1C(C2=C(CCO[Si](C)(C)C)C=CC2)=Cc2ccccc21. The van der Waals surface area contributed by atoms with Crippen LogP contribution in [0.2, 0.25) is 19.6 Å². The van der Waals surface area contributed by atoms with E-state index in [0.717, 1.165) is 19.4 Å². The average molecular weight is 323 g/mol. The minimum atomic E-state index is -1.43. The van der Waals surface area contributed by atoms with Gasteiger partial charge in [0.1, 0.15) is 0 Å². The van der Waals surface area contributed by atoms with Crippen molar-refractivity contribution in [2.45, 2.75) is 39.4 Å². The zero-order chi connectivity index (χ0) is 16.4. The molecule has 0 radical (unpaired) electrons. The highest BCUT2D eigenvalue weighted by Gasteiger charge is 2.23. The van der Waals surface area contributed by atoms with E-state index in [2.05, 4.69) is 75.1 Å². The number of benzene rings is 1. The van der Waals surface area contributed by atoms with Crippen molar-refractivity contribution in [3.63, 3.8) is 0 Å². The Kier molecular flexibility index (Phi) is 4.56. The molecule has 1 aromatic carbocycles. The summed E-state index contributed by atoms with van der Waals surface area (Å²) >= 11 is 0. The van der Waals surface area contributed by atoms with Crippen molar-refractivity contribution in [2.75, 3.05) is 6.61 Å². The molecule has 0 unspecified atom stereocenters. The first kappa shape index (κ1) is 16.2. The summed E-state index contributed by atoms with van der Waals surface area (Å²) in [4.78, 5) is 0. The fourth-order valence-corrected chi connectivity index (χ4v) is 4.06. The van der Waals surface area contributed by atoms with Gasteiger partial charge < -0.3 is 4.43 Å². The normalized spacial score (nSPS) is 18.8. The summed E-state index contributed by atoms with van der Waals surface area (Å²) in [5, 5.41) is 0. The molecule has 0 heterocycles. The predicted octanol–water partition coefficient (Wildman–Crippen LogP) is 5.99. The van der Waals surface area contributed by atoms with Crippen molar-refractivity contribution in [2.24, 2.45) is 0 Å². The van der Waals surface area contributed by atoms with Gasteiger partial charge in [0.05, 0.1) is 0 Å². The summed E-state index contributed by atoms with van der Waals surface area (Å²) in [5.41, 5.74) is 8.41. The second kappa shape index (κ2) is 6.46. The van der Waals surface area contributed by atoms with Crippen LogP contribution in [0, 0.1) is 0 Å². The number of hydrogen-bond acceptors (Lipinski definition) is 1. The van der Waals surface area contributed by atoms with Crippen molar-refractivity contribution < 1.29 is 4.43 Å². The summed E-state index contributed by atoms with van der Waals surface area (Å²) in [6.45, 7) is 9.73. The van der Waals surface area contributed by atoms with Gasteiger partial charge in [0, 0.05) is 6.61 Å². The van der Waals surface area contributed by atoms with Crippen LogP contribution in [0.1, 0.15) is 30.9 Å². The molecule has 0 bridgehead atoms. The third kappa shape index (κ3) is 3.49. The summed E-state index contributed by atoms with van der Waals surface area (Å²) in [5.74, 6) is 0. The molecule has 0 amide bonds. The van der Waals surface area contributed by atoms with E-state index in [1.807, 2.05) is 0 Å². The molecule has 0 atom stereocenters. The number of hydrogen-bond donors (Lipinski definition) is 0. The van der Waals surface area contributed by atoms with Crippen molar-refractivity contribution in [3.8, 4) is 0 Å². The van der Waals surface area contributed by atoms with Crippen molar-refractivity contribution in [1.82, 2.24) is 0 Å². The fraction of sp³-hybridized carbons (Fsp3) is 0.333. The van der Waals surface area contributed by atoms with Gasteiger partial charge in [0.2, 0.25) is 0 Å². The monoisotopic (exact) mass is 322 g/mol. The highest BCUT2D eigenvalue weighted by Crippen LogP contribution is 2.43. The number of fused-ring (bicyclic) bond motifs is 1. The van der Waals surface area contributed by atoms with Gasteiger partial charge in [0.25, 0.3) is 0 Å². The smallest absolute Gasteiger partial charge is 0.183 e. The zero-order valence-electron chi connectivity index (χ0n) is 14.6. The molecule has 0 N–H and O–H groups in total. The maximum absolute atomic E-state index is 6.05. The van der Waals surface area contributed by atoms with E-state index in [9.17, 15) is 0 Å². The van der Waals surface area contributed by atoms with Gasteiger partial charge in [-0.05, 0) is 78.9 Å². The van der Waals surface area contributed by atoms with Crippen LogP contribution in [0.4, 0.5) is 0 Å². The minimum absolute atomic E-state index is 0.838. The Morgan fingerprint density at radius 1 is 1.17 bits per heavy atom. The van der Waals surface area contributed by atoms with Crippen LogP contribution in [0.25, 0.3) is 11.6 Å². The average Bonchev–Trinajstić information content (AvgIpc) is 3.09. The van der Waals surface area contributed by atoms with Crippen LogP contribution in [0.5, 0.6) is 0 Å². The van der Waals surface area contributed by atoms with Crippen LogP contribution in [-0.4, -0.2) is 14.9 Å². The molecule has 3 rings (SSSR count). The summed E-state index contributed by atoms with van der Waals surface area (Å²) in [7, 11) is -1.43. The van der Waals surface area contributed by atoms with Crippen LogP contribution in [0.15, 0.2) is 59.2 Å². The number of rotatable bonds is 5. The predicted molar refractivity (Wildman–Crippen MR) is 103 cm³/mol. The molecule has 2 aliphatic carbocycles. The molecule has 120 valence electrons. The Balaban J connectivity index is 1.85. The van der Waals surface area contributed by atoms with Gasteiger partial charge in [0.15, 0.2) is 8.32 Å². The van der Waals surface area contributed by atoms with E-state index in [0.29, 0.717) is 0 Å². The van der Waals surface area contributed by atoms with Crippen LogP contribution < -0.4 is 0 Å².